The van der Waals surface area contributed by atoms with Gasteiger partial charge in [0.1, 0.15) is 0 Å². The number of anilines is 1. The average Bonchev–Trinajstić information content (AvgIpc) is 2.18. The first kappa shape index (κ1) is 14.0. The fraction of sp³-hybridized carbons (Fsp3) is 0.500. The van der Waals surface area contributed by atoms with Crippen LogP contribution in [-0.4, -0.2) is 25.3 Å². The van der Waals surface area contributed by atoms with E-state index < -0.39 is 10.1 Å². The minimum atomic E-state index is -3.81. The van der Waals surface area contributed by atoms with Gasteiger partial charge in [0.05, 0.1) is 5.75 Å². The minimum absolute atomic E-state index is 0.165. The Bertz CT molecular complexity index is 469. The highest BCUT2D eigenvalue weighted by molar-refractivity contribution is 7.85. The van der Waals surface area contributed by atoms with E-state index >= 15 is 0 Å². The zero-order valence-corrected chi connectivity index (χ0v) is 11.0. The summed E-state index contributed by atoms with van der Waals surface area (Å²) in [6.45, 7) is 4.79. The molecule has 1 aromatic carbocycles. The van der Waals surface area contributed by atoms with E-state index in [4.69, 9.17) is 4.55 Å². The van der Waals surface area contributed by atoms with Crippen LogP contribution in [0.3, 0.4) is 0 Å². The molecule has 96 valence electrons. The van der Waals surface area contributed by atoms with Gasteiger partial charge in [0.25, 0.3) is 10.1 Å². The second kappa shape index (κ2) is 6.02. The van der Waals surface area contributed by atoms with E-state index in [1.54, 1.807) is 0 Å². The molecule has 0 saturated carbocycles. The highest BCUT2D eigenvalue weighted by Crippen LogP contribution is 2.15. The van der Waals surface area contributed by atoms with Crippen LogP contribution < -0.4 is 5.32 Å². The number of hydrogen-bond acceptors (Lipinski definition) is 3. The number of hydrogen-bond donors (Lipinski definition) is 2. The van der Waals surface area contributed by atoms with Gasteiger partial charge in [0.15, 0.2) is 0 Å². The van der Waals surface area contributed by atoms with Crippen molar-refractivity contribution >= 4 is 15.8 Å². The molecular formula is C12H19NO3S. The first-order valence-electron chi connectivity index (χ1n) is 5.65. The van der Waals surface area contributed by atoms with Crippen molar-refractivity contribution in [3.63, 3.8) is 0 Å². The van der Waals surface area contributed by atoms with Crippen molar-refractivity contribution in [2.75, 3.05) is 17.6 Å². The Morgan fingerprint density at radius 2 is 1.94 bits per heavy atom. The average molecular weight is 257 g/mol. The van der Waals surface area contributed by atoms with Crippen LogP contribution in [-0.2, 0) is 10.1 Å². The molecule has 0 spiro atoms. The van der Waals surface area contributed by atoms with Crippen molar-refractivity contribution in [3.05, 3.63) is 29.3 Å². The number of rotatable bonds is 6. The Morgan fingerprint density at radius 1 is 1.24 bits per heavy atom. The Balaban J connectivity index is 2.32. The van der Waals surface area contributed by atoms with Crippen LogP contribution in [0, 0.1) is 13.8 Å². The maximum Gasteiger partial charge on any atom is 0.264 e. The number of aryl methyl sites for hydroxylation is 2. The molecule has 0 aliphatic rings. The van der Waals surface area contributed by atoms with E-state index in [0.717, 1.165) is 5.69 Å². The zero-order chi connectivity index (χ0) is 12.9. The van der Waals surface area contributed by atoms with E-state index in [2.05, 4.69) is 11.4 Å². The third-order valence-corrected chi connectivity index (χ3v) is 3.33. The Kier molecular flexibility index (Phi) is 4.96. The van der Waals surface area contributed by atoms with E-state index in [9.17, 15) is 8.42 Å². The van der Waals surface area contributed by atoms with Gasteiger partial charge in [-0.1, -0.05) is 17.7 Å². The normalized spacial score (nSPS) is 11.5. The van der Waals surface area contributed by atoms with E-state index in [0.29, 0.717) is 19.4 Å². The largest absolute Gasteiger partial charge is 0.385 e. The summed E-state index contributed by atoms with van der Waals surface area (Å²) >= 11 is 0. The van der Waals surface area contributed by atoms with Crippen LogP contribution in [0.4, 0.5) is 5.69 Å². The molecule has 0 fully saturated rings. The quantitative estimate of drug-likeness (QED) is 0.606. The smallest absolute Gasteiger partial charge is 0.264 e. The van der Waals surface area contributed by atoms with Gasteiger partial charge in [-0.25, -0.2) is 0 Å². The van der Waals surface area contributed by atoms with Crippen LogP contribution >= 0.6 is 0 Å². The second-order valence-corrected chi connectivity index (χ2v) is 5.81. The predicted molar refractivity (Wildman–Crippen MR) is 70.1 cm³/mol. The summed E-state index contributed by atoms with van der Waals surface area (Å²) in [6, 6.07) is 6.15. The number of unbranched alkanes of at least 4 members (excludes halogenated alkanes) is 1. The molecule has 0 bridgehead atoms. The van der Waals surface area contributed by atoms with Gasteiger partial charge in [-0.05, 0) is 38.3 Å². The van der Waals surface area contributed by atoms with Crippen LogP contribution in [0.1, 0.15) is 24.0 Å². The van der Waals surface area contributed by atoms with Gasteiger partial charge in [-0.15, -0.1) is 0 Å². The lowest BCUT2D eigenvalue weighted by atomic mass is 10.1. The lowest BCUT2D eigenvalue weighted by molar-refractivity contribution is 0.480. The number of nitrogens with one attached hydrogen (secondary N) is 1. The molecular weight excluding hydrogens is 238 g/mol. The van der Waals surface area contributed by atoms with Gasteiger partial charge < -0.3 is 5.32 Å². The van der Waals surface area contributed by atoms with Crippen LogP contribution in [0.2, 0.25) is 0 Å². The van der Waals surface area contributed by atoms with Crippen molar-refractivity contribution in [1.82, 2.24) is 0 Å². The topological polar surface area (TPSA) is 66.4 Å². The van der Waals surface area contributed by atoms with Gasteiger partial charge in [0.2, 0.25) is 0 Å². The minimum Gasteiger partial charge on any atom is -0.385 e. The van der Waals surface area contributed by atoms with E-state index in [1.807, 2.05) is 26.0 Å². The third kappa shape index (κ3) is 5.70. The van der Waals surface area contributed by atoms with Gasteiger partial charge >= 0.3 is 0 Å². The molecule has 0 unspecified atom stereocenters. The predicted octanol–water partition coefficient (Wildman–Crippen LogP) is 2.38. The first-order chi connectivity index (χ1) is 7.88. The standard InChI is InChI=1S/C12H19NO3S/c1-10-5-6-12(11(2)9-10)13-7-3-4-8-17(14,15)16/h5-6,9,13H,3-4,7-8H2,1-2H3,(H,14,15,16). The maximum atomic E-state index is 10.5. The summed E-state index contributed by atoms with van der Waals surface area (Å²) in [6.07, 6.45) is 1.18. The lowest BCUT2D eigenvalue weighted by Crippen LogP contribution is -2.08. The molecule has 0 amide bonds. The zero-order valence-electron chi connectivity index (χ0n) is 10.2. The van der Waals surface area contributed by atoms with Crippen molar-refractivity contribution in [2.45, 2.75) is 26.7 Å². The molecule has 0 radical (unpaired) electrons. The molecule has 2 N–H and O–H groups in total. The van der Waals surface area contributed by atoms with Crippen molar-refractivity contribution in [3.8, 4) is 0 Å². The SMILES string of the molecule is Cc1ccc(NCCCCS(=O)(=O)O)c(C)c1. The molecule has 0 saturated heterocycles. The molecule has 1 rings (SSSR count). The summed E-state index contributed by atoms with van der Waals surface area (Å²) in [5, 5.41) is 3.25. The second-order valence-electron chi connectivity index (χ2n) is 4.24. The Hall–Kier alpha value is -1.07. The molecule has 5 heteroatoms. The lowest BCUT2D eigenvalue weighted by Gasteiger charge is -2.09. The highest BCUT2D eigenvalue weighted by Gasteiger charge is 2.03. The summed E-state index contributed by atoms with van der Waals surface area (Å²) in [7, 11) is -3.81. The maximum absolute atomic E-state index is 10.5. The van der Waals surface area contributed by atoms with E-state index in [1.165, 1.54) is 11.1 Å². The Morgan fingerprint density at radius 3 is 2.53 bits per heavy atom. The molecule has 0 aromatic heterocycles. The van der Waals surface area contributed by atoms with Gasteiger partial charge in [-0.3, -0.25) is 4.55 Å². The molecule has 0 atom stereocenters. The molecule has 0 aliphatic carbocycles. The van der Waals surface area contributed by atoms with Crippen LogP contribution in [0.5, 0.6) is 0 Å². The molecule has 1 aromatic rings. The van der Waals surface area contributed by atoms with Crippen molar-refractivity contribution in [2.24, 2.45) is 0 Å². The molecule has 17 heavy (non-hydrogen) atoms. The van der Waals surface area contributed by atoms with Gasteiger partial charge in [-0.2, -0.15) is 8.42 Å². The van der Waals surface area contributed by atoms with Crippen molar-refractivity contribution in [1.29, 1.82) is 0 Å². The third-order valence-electron chi connectivity index (χ3n) is 2.53. The van der Waals surface area contributed by atoms with E-state index in [-0.39, 0.29) is 5.75 Å². The van der Waals surface area contributed by atoms with Gasteiger partial charge in [0, 0.05) is 12.2 Å². The highest BCUT2D eigenvalue weighted by atomic mass is 32.2. The van der Waals surface area contributed by atoms with Crippen molar-refractivity contribution < 1.29 is 13.0 Å². The fourth-order valence-electron chi connectivity index (χ4n) is 1.64. The monoisotopic (exact) mass is 257 g/mol. The molecule has 4 nitrogen and oxygen atoms in total. The van der Waals surface area contributed by atoms with Crippen LogP contribution in [0.15, 0.2) is 18.2 Å². The summed E-state index contributed by atoms with van der Waals surface area (Å²) < 4.78 is 29.5. The Labute approximate surface area is 103 Å². The summed E-state index contributed by atoms with van der Waals surface area (Å²) in [5.41, 5.74) is 3.47. The summed E-state index contributed by atoms with van der Waals surface area (Å²) in [5.74, 6) is -0.165. The fourth-order valence-corrected chi connectivity index (χ4v) is 2.21. The first-order valence-corrected chi connectivity index (χ1v) is 7.26. The molecule has 0 heterocycles. The number of benzene rings is 1. The van der Waals surface area contributed by atoms with Crippen LogP contribution in [0.25, 0.3) is 0 Å². The molecule has 0 aliphatic heterocycles. The summed E-state index contributed by atoms with van der Waals surface area (Å²) in [4.78, 5) is 0.